The zero-order chi connectivity index (χ0) is 13.3. The highest BCUT2D eigenvalue weighted by atomic mass is 16.1. The molecule has 1 heterocycles. The lowest BCUT2D eigenvalue weighted by molar-refractivity contribution is 0.0953. The van der Waals surface area contributed by atoms with Crippen molar-refractivity contribution in [3.63, 3.8) is 0 Å². The van der Waals surface area contributed by atoms with E-state index >= 15 is 0 Å². The van der Waals surface area contributed by atoms with Gasteiger partial charge in [0.25, 0.3) is 5.91 Å². The van der Waals surface area contributed by atoms with E-state index < -0.39 is 0 Å². The van der Waals surface area contributed by atoms with E-state index in [2.05, 4.69) is 10.2 Å². The quantitative estimate of drug-likeness (QED) is 0.764. The van der Waals surface area contributed by atoms with Gasteiger partial charge in [0, 0.05) is 12.1 Å². The summed E-state index contributed by atoms with van der Waals surface area (Å²) in [5, 5.41) is 2.97. The van der Waals surface area contributed by atoms with Crippen molar-refractivity contribution < 1.29 is 4.79 Å². The molecule has 0 saturated carbocycles. The van der Waals surface area contributed by atoms with Crippen LogP contribution in [0.1, 0.15) is 42.5 Å². The second kappa shape index (κ2) is 7.95. The second-order valence-electron chi connectivity index (χ2n) is 5.23. The van der Waals surface area contributed by atoms with Gasteiger partial charge in [0.1, 0.15) is 0 Å². The highest BCUT2D eigenvalue weighted by Crippen LogP contribution is 2.08. The van der Waals surface area contributed by atoms with E-state index in [-0.39, 0.29) is 5.91 Å². The lowest BCUT2D eigenvalue weighted by Crippen LogP contribution is -2.24. The Hall–Kier alpha value is -1.35. The highest BCUT2D eigenvalue weighted by molar-refractivity contribution is 5.94. The van der Waals surface area contributed by atoms with Crippen molar-refractivity contribution in [1.82, 2.24) is 10.2 Å². The van der Waals surface area contributed by atoms with Crippen LogP contribution in [-0.2, 0) is 0 Å². The third kappa shape index (κ3) is 5.03. The summed E-state index contributed by atoms with van der Waals surface area (Å²) in [7, 11) is 0. The molecule has 1 N–H and O–H groups in total. The van der Waals surface area contributed by atoms with Crippen molar-refractivity contribution in [2.75, 3.05) is 26.2 Å². The monoisotopic (exact) mass is 260 g/mol. The fraction of sp³-hybridized carbons (Fsp3) is 0.562. The van der Waals surface area contributed by atoms with Crippen LogP contribution >= 0.6 is 0 Å². The summed E-state index contributed by atoms with van der Waals surface area (Å²) < 4.78 is 0. The molecule has 1 aromatic rings. The average Bonchev–Trinajstić information content (AvgIpc) is 2.96. The first-order valence-electron chi connectivity index (χ1n) is 7.42. The summed E-state index contributed by atoms with van der Waals surface area (Å²) in [6, 6.07) is 9.41. The summed E-state index contributed by atoms with van der Waals surface area (Å²) in [4.78, 5) is 14.3. The molecule has 3 nitrogen and oxygen atoms in total. The van der Waals surface area contributed by atoms with Crippen molar-refractivity contribution in [2.24, 2.45) is 0 Å². The van der Waals surface area contributed by atoms with Crippen molar-refractivity contribution >= 4 is 5.91 Å². The molecule has 0 unspecified atom stereocenters. The van der Waals surface area contributed by atoms with Crippen LogP contribution in [0.2, 0.25) is 0 Å². The molecule has 1 amide bonds. The van der Waals surface area contributed by atoms with E-state index in [1.165, 1.54) is 45.3 Å². The van der Waals surface area contributed by atoms with Gasteiger partial charge in [-0.2, -0.15) is 0 Å². The van der Waals surface area contributed by atoms with Crippen LogP contribution in [0, 0.1) is 0 Å². The van der Waals surface area contributed by atoms with Gasteiger partial charge in [0.05, 0.1) is 0 Å². The molecular formula is C16H24N2O. The van der Waals surface area contributed by atoms with E-state index in [0.29, 0.717) is 0 Å². The second-order valence-corrected chi connectivity index (χ2v) is 5.23. The first-order valence-corrected chi connectivity index (χ1v) is 7.42. The van der Waals surface area contributed by atoms with E-state index in [9.17, 15) is 4.79 Å². The zero-order valence-electron chi connectivity index (χ0n) is 11.6. The molecule has 1 aliphatic rings. The maximum absolute atomic E-state index is 11.8. The number of amides is 1. The van der Waals surface area contributed by atoms with Crippen molar-refractivity contribution in [1.29, 1.82) is 0 Å². The summed E-state index contributed by atoms with van der Waals surface area (Å²) in [5.41, 5.74) is 0.750. The maximum atomic E-state index is 11.8. The van der Waals surface area contributed by atoms with E-state index in [0.717, 1.165) is 18.5 Å². The highest BCUT2D eigenvalue weighted by Gasteiger charge is 2.10. The number of benzene rings is 1. The molecule has 19 heavy (non-hydrogen) atoms. The molecule has 2 rings (SSSR count). The topological polar surface area (TPSA) is 32.3 Å². The SMILES string of the molecule is O=C(NCCCCCN1CCCC1)c1ccccc1. The molecule has 0 aliphatic carbocycles. The van der Waals surface area contributed by atoms with Gasteiger partial charge in [0.2, 0.25) is 0 Å². The van der Waals surface area contributed by atoms with E-state index in [4.69, 9.17) is 0 Å². The largest absolute Gasteiger partial charge is 0.352 e. The normalized spacial score (nSPS) is 15.6. The molecule has 3 heteroatoms. The average molecular weight is 260 g/mol. The molecule has 1 aliphatic heterocycles. The maximum Gasteiger partial charge on any atom is 0.251 e. The summed E-state index contributed by atoms with van der Waals surface area (Å²) in [6.07, 6.45) is 6.26. The number of hydrogen-bond donors (Lipinski definition) is 1. The molecule has 1 saturated heterocycles. The lowest BCUT2D eigenvalue weighted by Gasteiger charge is -2.13. The van der Waals surface area contributed by atoms with E-state index in [1.54, 1.807) is 0 Å². The first-order chi connectivity index (χ1) is 9.36. The number of likely N-dealkylation sites (tertiary alicyclic amines) is 1. The first kappa shape index (κ1) is 14.1. The third-order valence-electron chi connectivity index (χ3n) is 3.67. The van der Waals surface area contributed by atoms with Gasteiger partial charge < -0.3 is 10.2 Å². The number of nitrogens with zero attached hydrogens (tertiary/aromatic N) is 1. The Bertz CT molecular complexity index is 372. The summed E-state index contributed by atoms with van der Waals surface area (Å²) in [5.74, 6) is 0.0418. The Morgan fingerprint density at radius 3 is 2.53 bits per heavy atom. The van der Waals surface area contributed by atoms with Gasteiger partial charge >= 0.3 is 0 Å². The minimum absolute atomic E-state index is 0.0418. The summed E-state index contributed by atoms with van der Waals surface area (Å²) >= 11 is 0. The molecule has 0 aromatic heterocycles. The molecule has 0 spiro atoms. The van der Waals surface area contributed by atoms with Crippen molar-refractivity contribution in [2.45, 2.75) is 32.1 Å². The van der Waals surface area contributed by atoms with Crippen LogP contribution in [-0.4, -0.2) is 37.0 Å². The molecule has 1 aromatic carbocycles. The van der Waals surface area contributed by atoms with Gasteiger partial charge in [-0.1, -0.05) is 24.6 Å². The predicted octanol–water partition coefficient (Wildman–Crippen LogP) is 2.68. The number of rotatable bonds is 7. The van der Waals surface area contributed by atoms with Crippen LogP contribution in [0.3, 0.4) is 0 Å². The Morgan fingerprint density at radius 2 is 1.79 bits per heavy atom. The van der Waals surface area contributed by atoms with Crippen LogP contribution < -0.4 is 5.32 Å². The van der Waals surface area contributed by atoms with Gasteiger partial charge in [-0.25, -0.2) is 0 Å². The van der Waals surface area contributed by atoms with Crippen LogP contribution in [0.4, 0.5) is 0 Å². The van der Waals surface area contributed by atoms with Crippen LogP contribution in [0.5, 0.6) is 0 Å². The number of unbranched alkanes of at least 4 members (excludes halogenated alkanes) is 2. The minimum Gasteiger partial charge on any atom is -0.352 e. The Labute approximate surface area is 116 Å². The van der Waals surface area contributed by atoms with Gasteiger partial charge in [-0.05, 0) is 57.5 Å². The summed E-state index contributed by atoms with van der Waals surface area (Å²) in [6.45, 7) is 4.58. The predicted molar refractivity (Wildman–Crippen MR) is 78.3 cm³/mol. The van der Waals surface area contributed by atoms with E-state index in [1.807, 2.05) is 30.3 Å². The van der Waals surface area contributed by atoms with Crippen LogP contribution in [0.25, 0.3) is 0 Å². The Balaban J connectivity index is 1.51. The van der Waals surface area contributed by atoms with Gasteiger partial charge in [-0.15, -0.1) is 0 Å². The number of nitrogens with one attached hydrogen (secondary N) is 1. The number of carbonyl (C=O) groups is 1. The third-order valence-corrected chi connectivity index (χ3v) is 3.67. The standard InChI is InChI=1S/C16H24N2O/c19-16(15-9-3-1-4-10-15)17-11-5-2-6-12-18-13-7-8-14-18/h1,3-4,9-10H,2,5-8,11-14H2,(H,17,19). The number of hydrogen-bond acceptors (Lipinski definition) is 2. The number of carbonyl (C=O) groups excluding carboxylic acids is 1. The molecule has 0 radical (unpaired) electrons. The lowest BCUT2D eigenvalue weighted by atomic mass is 10.2. The molecule has 104 valence electrons. The zero-order valence-corrected chi connectivity index (χ0v) is 11.6. The van der Waals surface area contributed by atoms with Crippen molar-refractivity contribution in [3.8, 4) is 0 Å². The van der Waals surface area contributed by atoms with Crippen molar-refractivity contribution in [3.05, 3.63) is 35.9 Å². The molecule has 0 bridgehead atoms. The Morgan fingerprint density at radius 1 is 1.05 bits per heavy atom. The molecule has 1 fully saturated rings. The smallest absolute Gasteiger partial charge is 0.251 e. The van der Waals surface area contributed by atoms with Crippen LogP contribution in [0.15, 0.2) is 30.3 Å². The molecular weight excluding hydrogens is 236 g/mol. The van der Waals surface area contributed by atoms with Gasteiger partial charge in [0.15, 0.2) is 0 Å². The fourth-order valence-corrected chi connectivity index (χ4v) is 2.54. The fourth-order valence-electron chi connectivity index (χ4n) is 2.54. The minimum atomic E-state index is 0.0418. The Kier molecular flexibility index (Phi) is 5.89. The molecule has 0 atom stereocenters. The van der Waals surface area contributed by atoms with Gasteiger partial charge in [-0.3, -0.25) is 4.79 Å².